The molecule has 0 radical (unpaired) electrons. The van der Waals surface area contributed by atoms with Gasteiger partial charge in [0.2, 0.25) is 0 Å². The van der Waals surface area contributed by atoms with Crippen molar-refractivity contribution in [3.63, 3.8) is 0 Å². The van der Waals surface area contributed by atoms with Crippen LogP contribution in [0, 0.1) is 0 Å². The van der Waals surface area contributed by atoms with E-state index in [0.717, 1.165) is 5.57 Å². The summed E-state index contributed by atoms with van der Waals surface area (Å²) in [5, 5.41) is 9.06. The van der Waals surface area contributed by atoms with Crippen molar-refractivity contribution in [1.82, 2.24) is 0 Å². The maximum Gasteiger partial charge on any atom is 0.0727 e. The maximum atomic E-state index is 9.06. The lowest BCUT2D eigenvalue weighted by Crippen LogP contribution is -2.47. The monoisotopic (exact) mass is 129 g/mol. The van der Waals surface area contributed by atoms with Gasteiger partial charge < -0.3 is 10.8 Å². The number of hydrogen-bond donors (Lipinski definition) is 2. The molecule has 0 bridgehead atoms. The van der Waals surface area contributed by atoms with E-state index in [1.54, 1.807) is 13.8 Å². The van der Waals surface area contributed by atoms with E-state index in [1.807, 2.05) is 6.92 Å². The molecule has 0 saturated carbocycles. The van der Waals surface area contributed by atoms with E-state index < -0.39 is 11.6 Å². The average Bonchev–Trinajstić information content (AvgIpc) is 1.65. The summed E-state index contributed by atoms with van der Waals surface area (Å²) in [4.78, 5) is 0. The van der Waals surface area contributed by atoms with Crippen LogP contribution >= 0.6 is 0 Å². The Bertz CT molecular complexity index is 116. The summed E-state index contributed by atoms with van der Waals surface area (Å²) in [5.74, 6) is 0. The van der Waals surface area contributed by atoms with E-state index in [4.69, 9.17) is 10.8 Å². The third-order valence-electron chi connectivity index (χ3n) is 1.79. The van der Waals surface area contributed by atoms with Crippen molar-refractivity contribution >= 4 is 0 Å². The second kappa shape index (κ2) is 2.50. The van der Waals surface area contributed by atoms with Crippen molar-refractivity contribution in [2.75, 3.05) is 0 Å². The van der Waals surface area contributed by atoms with Gasteiger partial charge in [0, 0.05) is 0 Å². The quantitative estimate of drug-likeness (QED) is 0.538. The van der Waals surface area contributed by atoms with Gasteiger partial charge in [0.1, 0.15) is 0 Å². The first-order valence-electron chi connectivity index (χ1n) is 3.02. The van der Waals surface area contributed by atoms with Crippen LogP contribution in [0.3, 0.4) is 0 Å². The van der Waals surface area contributed by atoms with Crippen LogP contribution < -0.4 is 5.73 Å². The molecular formula is C7H15NO. The summed E-state index contributed by atoms with van der Waals surface area (Å²) in [7, 11) is 0. The van der Waals surface area contributed by atoms with Crippen molar-refractivity contribution in [2.45, 2.75) is 32.4 Å². The Labute approximate surface area is 56.4 Å². The van der Waals surface area contributed by atoms with Crippen molar-refractivity contribution in [1.29, 1.82) is 0 Å². The highest BCUT2D eigenvalue weighted by atomic mass is 16.3. The number of aliphatic hydroxyl groups excluding tert-OH is 1. The number of hydrogen-bond acceptors (Lipinski definition) is 2. The first-order chi connectivity index (χ1) is 3.89. The summed E-state index contributed by atoms with van der Waals surface area (Å²) < 4.78 is 0. The molecule has 2 unspecified atom stereocenters. The van der Waals surface area contributed by atoms with Gasteiger partial charge in [-0.1, -0.05) is 12.2 Å². The Balaban J connectivity index is 4.19. The Morgan fingerprint density at radius 2 is 2.11 bits per heavy atom. The van der Waals surface area contributed by atoms with E-state index in [0.29, 0.717) is 0 Å². The van der Waals surface area contributed by atoms with Crippen LogP contribution in [-0.2, 0) is 0 Å². The van der Waals surface area contributed by atoms with Crippen LogP contribution in [0.4, 0.5) is 0 Å². The molecule has 0 aromatic heterocycles. The second-order valence-corrected chi connectivity index (χ2v) is 2.74. The van der Waals surface area contributed by atoms with Crippen molar-refractivity contribution in [3.05, 3.63) is 12.2 Å². The molecule has 3 N–H and O–H groups in total. The zero-order chi connectivity index (χ0) is 7.65. The molecule has 0 aromatic carbocycles. The summed E-state index contributed by atoms with van der Waals surface area (Å²) in [6.45, 7) is 8.90. The third-order valence-corrected chi connectivity index (χ3v) is 1.79. The largest absolute Gasteiger partial charge is 0.391 e. The number of rotatable bonds is 2. The molecule has 0 heterocycles. The fourth-order valence-electron chi connectivity index (χ4n) is 0.357. The molecule has 0 aromatic rings. The van der Waals surface area contributed by atoms with Gasteiger partial charge in [-0.05, 0) is 20.8 Å². The van der Waals surface area contributed by atoms with Gasteiger partial charge in [0.05, 0.1) is 11.6 Å². The molecule has 54 valence electrons. The Morgan fingerprint density at radius 3 is 2.11 bits per heavy atom. The molecule has 0 aliphatic carbocycles. The molecule has 9 heavy (non-hydrogen) atoms. The number of nitrogens with two attached hydrogens (primary N) is 1. The number of aliphatic hydroxyl groups is 1. The van der Waals surface area contributed by atoms with Gasteiger partial charge in [0.25, 0.3) is 0 Å². The van der Waals surface area contributed by atoms with Gasteiger partial charge in [0.15, 0.2) is 0 Å². The van der Waals surface area contributed by atoms with Gasteiger partial charge in [-0.15, -0.1) is 0 Å². The van der Waals surface area contributed by atoms with Crippen molar-refractivity contribution in [3.8, 4) is 0 Å². The molecule has 0 spiro atoms. The van der Waals surface area contributed by atoms with E-state index in [2.05, 4.69) is 6.58 Å². The van der Waals surface area contributed by atoms with Gasteiger partial charge in [-0.2, -0.15) is 0 Å². The van der Waals surface area contributed by atoms with E-state index in [1.165, 1.54) is 0 Å². The first kappa shape index (κ1) is 8.66. The Morgan fingerprint density at radius 1 is 1.78 bits per heavy atom. The van der Waals surface area contributed by atoms with E-state index >= 15 is 0 Å². The second-order valence-electron chi connectivity index (χ2n) is 2.74. The van der Waals surface area contributed by atoms with Crippen LogP contribution in [0.25, 0.3) is 0 Å². The molecule has 0 amide bonds. The summed E-state index contributed by atoms with van der Waals surface area (Å²) in [6.07, 6.45) is -0.532. The van der Waals surface area contributed by atoms with Crippen LogP contribution in [0.5, 0.6) is 0 Å². The highest BCUT2D eigenvalue weighted by molar-refractivity contribution is 5.12. The highest BCUT2D eigenvalue weighted by Gasteiger charge is 2.24. The van der Waals surface area contributed by atoms with E-state index in [9.17, 15) is 0 Å². The molecular weight excluding hydrogens is 114 g/mol. The first-order valence-corrected chi connectivity index (χ1v) is 3.02. The lowest BCUT2D eigenvalue weighted by molar-refractivity contribution is 0.131. The lowest BCUT2D eigenvalue weighted by Gasteiger charge is -2.28. The molecule has 0 rings (SSSR count). The van der Waals surface area contributed by atoms with Crippen LogP contribution in [-0.4, -0.2) is 16.7 Å². The molecule has 0 aliphatic heterocycles. The molecule has 2 heteroatoms. The smallest absolute Gasteiger partial charge is 0.0727 e. The van der Waals surface area contributed by atoms with Crippen LogP contribution in [0.2, 0.25) is 0 Å². The zero-order valence-corrected chi connectivity index (χ0v) is 6.31. The van der Waals surface area contributed by atoms with Crippen LogP contribution in [0.15, 0.2) is 12.2 Å². The predicted molar refractivity (Wildman–Crippen MR) is 39.1 cm³/mol. The van der Waals surface area contributed by atoms with Crippen molar-refractivity contribution < 1.29 is 5.11 Å². The minimum absolute atomic E-state index is 0.532. The van der Waals surface area contributed by atoms with Gasteiger partial charge >= 0.3 is 0 Å². The summed E-state index contributed by atoms with van der Waals surface area (Å²) >= 11 is 0. The fraction of sp³-hybridized carbons (Fsp3) is 0.714. The summed E-state index contributed by atoms with van der Waals surface area (Å²) in [6, 6.07) is 0. The zero-order valence-electron chi connectivity index (χ0n) is 6.31. The highest BCUT2D eigenvalue weighted by Crippen LogP contribution is 2.14. The normalized spacial score (nSPS) is 20.6. The van der Waals surface area contributed by atoms with Crippen LogP contribution in [0.1, 0.15) is 20.8 Å². The SMILES string of the molecule is C=C(C)C(C)(N)C(C)O. The lowest BCUT2D eigenvalue weighted by atomic mass is 9.90. The fourth-order valence-corrected chi connectivity index (χ4v) is 0.357. The Hall–Kier alpha value is -0.340. The van der Waals surface area contributed by atoms with E-state index in [-0.39, 0.29) is 0 Å². The van der Waals surface area contributed by atoms with Crippen molar-refractivity contribution in [2.24, 2.45) is 5.73 Å². The standard InChI is InChI=1S/C7H15NO/c1-5(2)7(4,8)6(3)9/h6,9H,1,8H2,2-4H3. The van der Waals surface area contributed by atoms with Gasteiger partial charge in [-0.3, -0.25) is 0 Å². The molecule has 0 fully saturated rings. The minimum Gasteiger partial charge on any atom is -0.391 e. The average molecular weight is 129 g/mol. The van der Waals surface area contributed by atoms with Gasteiger partial charge in [-0.25, -0.2) is 0 Å². The summed E-state index contributed by atoms with van der Waals surface area (Å²) in [5.41, 5.74) is 5.82. The third kappa shape index (κ3) is 1.80. The molecule has 2 atom stereocenters. The Kier molecular flexibility index (Phi) is 2.40. The predicted octanol–water partition coefficient (Wildman–Crippen LogP) is 0.661. The topological polar surface area (TPSA) is 46.2 Å². The minimum atomic E-state index is -0.639. The molecule has 0 aliphatic rings. The maximum absolute atomic E-state index is 9.06. The molecule has 2 nitrogen and oxygen atoms in total. The molecule has 0 saturated heterocycles.